The summed E-state index contributed by atoms with van der Waals surface area (Å²) in [6, 6.07) is 15.6. The first-order valence-electron chi connectivity index (χ1n) is 10.3. The Hall–Kier alpha value is -3.74. The predicted molar refractivity (Wildman–Crippen MR) is 122 cm³/mol. The molecule has 2 heterocycles. The molecule has 0 saturated carbocycles. The Kier molecular flexibility index (Phi) is 6.21. The zero-order chi connectivity index (χ0) is 21.6. The van der Waals surface area contributed by atoms with Crippen LogP contribution in [-0.4, -0.2) is 35.2 Å². The summed E-state index contributed by atoms with van der Waals surface area (Å²) in [6.45, 7) is 2.88. The molecule has 0 unspecified atom stereocenters. The molecule has 160 valence electrons. The van der Waals surface area contributed by atoms with Crippen LogP contribution in [0.5, 0.6) is 17.2 Å². The third-order valence-electron chi connectivity index (χ3n) is 4.95. The van der Waals surface area contributed by atoms with Gasteiger partial charge in [0.15, 0.2) is 11.5 Å². The highest BCUT2D eigenvalue weighted by molar-refractivity contribution is 5.70. The molecular formula is C24H26N4O3. The second-order valence-corrected chi connectivity index (χ2v) is 7.04. The lowest BCUT2D eigenvalue weighted by molar-refractivity contribution is 0.309. The third kappa shape index (κ3) is 4.55. The molecule has 31 heavy (non-hydrogen) atoms. The fourth-order valence-corrected chi connectivity index (χ4v) is 3.25. The molecular weight excluding hydrogens is 392 g/mol. The van der Waals surface area contributed by atoms with E-state index in [1.54, 1.807) is 20.4 Å². The molecule has 0 bridgehead atoms. The number of methoxy groups -OCH3 is 2. The summed E-state index contributed by atoms with van der Waals surface area (Å²) in [7, 11) is 3.24. The molecule has 0 aliphatic carbocycles. The molecule has 2 aromatic carbocycles. The summed E-state index contributed by atoms with van der Waals surface area (Å²) in [4.78, 5) is 9.28. The lowest BCUT2D eigenvalue weighted by atomic mass is 10.1. The average molecular weight is 418 g/mol. The van der Waals surface area contributed by atoms with Crippen LogP contribution in [0.25, 0.3) is 16.9 Å². The van der Waals surface area contributed by atoms with Crippen molar-refractivity contribution in [3.05, 3.63) is 60.9 Å². The zero-order valence-electron chi connectivity index (χ0n) is 18.0. The zero-order valence-corrected chi connectivity index (χ0v) is 18.0. The lowest BCUT2D eigenvalue weighted by Gasteiger charge is -2.13. The van der Waals surface area contributed by atoms with Gasteiger partial charge in [-0.15, -0.1) is 0 Å². The first-order chi connectivity index (χ1) is 15.2. The van der Waals surface area contributed by atoms with E-state index in [4.69, 9.17) is 19.2 Å². The number of nitrogens with zero attached hydrogens (tertiary/aromatic N) is 3. The maximum Gasteiger partial charge on any atom is 0.213 e. The Morgan fingerprint density at radius 2 is 1.77 bits per heavy atom. The summed E-state index contributed by atoms with van der Waals surface area (Å²) in [6.07, 6.45) is 5.80. The van der Waals surface area contributed by atoms with Crippen molar-refractivity contribution in [2.24, 2.45) is 0 Å². The minimum atomic E-state index is 0.651. The highest BCUT2D eigenvalue weighted by Gasteiger charge is 2.12. The number of hydrogen-bond acceptors (Lipinski definition) is 6. The number of benzene rings is 2. The molecule has 4 rings (SSSR count). The van der Waals surface area contributed by atoms with E-state index in [1.807, 2.05) is 59.1 Å². The van der Waals surface area contributed by atoms with Crippen molar-refractivity contribution in [2.75, 3.05) is 26.1 Å². The SMILES string of the molecule is CCCCOc1ccc(Nc2nc(-c3ccc(OC)c(OC)c3)cc3nccn23)cc1. The molecule has 0 amide bonds. The third-order valence-corrected chi connectivity index (χ3v) is 4.95. The van der Waals surface area contributed by atoms with Gasteiger partial charge in [-0.3, -0.25) is 4.40 Å². The van der Waals surface area contributed by atoms with Crippen molar-refractivity contribution in [2.45, 2.75) is 19.8 Å². The van der Waals surface area contributed by atoms with Crippen LogP contribution in [0.15, 0.2) is 60.9 Å². The predicted octanol–water partition coefficient (Wildman–Crippen LogP) is 5.34. The molecule has 0 spiro atoms. The Labute approximate surface area is 181 Å². The summed E-state index contributed by atoms with van der Waals surface area (Å²) >= 11 is 0. The molecule has 7 heteroatoms. The Morgan fingerprint density at radius 1 is 0.968 bits per heavy atom. The number of anilines is 2. The van der Waals surface area contributed by atoms with Crippen LogP contribution in [0, 0.1) is 0 Å². The smallest absolute Gasteiger partial charge is 0.213 e. The summed E-state index contributed by atoms with van der Waals surface area (Å²) in [5.41, 5.74) is 3.39. The maximum atomic E-state index is 5.75. The Morgan fingerprint density at radius 3 is 2.52 bits per heavy atom. The van der Waals surface area contributed by atoms with Crippen LogP contribution in [0.3, 0.4) is 0 Å². The average Bonchev–Trinajstić information content (AvgIpc) is 3.29. The van der Waals surface area contributed by atoms with E-state index >= 15 is 0 Å². The number of nitrogens with one attached hydrogen (secondary N) is 1. The van der Waals surface area contributed by atoms with E-state index in [2.05, 4.69) is 17.2 Å². The van der Waals surface area contributed by atoms with Gasteiger partial charge in [0.25, 0.3) is 0 Å². The van der Waals surface area contributed by atoms with E-state index < -0.39 is 0 Å². The molecule has 0 saturated heterocycles. The van der Waals surface area contributed by atoms with Gasteiger partial charge in [-0.05, 0) is 48.9 Å². The summed E-state index contributed by atoms with van der Waals surface area (Å²) in [5.74, 6) is 2.85. The van der Waals surface area contributed by atoms with Crippen LogP contribution < -0.4 is 19.5 Å². The fraction of sp³-hybridized carbons (Fsp3) is 0.250. The Balaban J connectivity index is 1.63. The molecule has 0 aliphatic rings. The molecule has 0 aliphatic heterocycles. The molecule has 0 fully saturated rings. The van der Waals surface area contributed by atoms with E-state index in [-0.39, 0.29) is 0 Å². The molecule has 0 atom stereocenters. The van der Waals surface area contributed by atoms with Gasteiger partial charge in [0.1, 0.15) is 11.4 Å². The van der Waals surface area contributed by atoms with Crippen LogP contribution in [0.4, 0.5) is 11.6 Å². The maximum absolute atomic E-state index is 5.75. The van der Waals surface area contributed by atoms with E-state index in [0.717, 1.165) is 47.8 Å². The van der Waals surface area contributed by atoms with Gasteiger partial charge in [-0.2, -0.15) is 0 Å². The van der Waals surface area contributed by atoms with Crippen molar-refractivity contribution in [3.63, 3.8) is 0 Å². The molecule has 4 aromatic rings. The second-order valence-electron chi connectivity index (χ2n) is 7.04. The quantitative estimate of drug-likeness (QED) is 0.370. The van der Waals surface area contributed by atoms with Gasteiger partial charge in [0.2, 0.25) is 5.95 Å². The van der Waals surface area contributed by atoms with Gasteiger partial charge < -0.3 is 19.5 Å². The van der Waals surface area contributed by atoms with Crippen LogP contribution in [-0.2, 0) is 0 Å². The number of aromatic nitrogens is 3. The molecule has 0 radical (unpaired) electrons. The van der Waals surface area contributed by atoms with Crippen LogP contribution in [0.2, 0.25) is 0 Å². The van der Waals surface area contributed by atoms with Gasteiger partial charge in [0.05, 0.1) is 26.5 Å². The van der Waals surface area contributed by atoms with Crippen molar-refractivity contribution in [3.8, 4) is 28.5 Å². The fourth-order valence-electron chi connectivity index (χ4n) is 3.25. The highest BCUT2D eigenvalue weighted by Crippen LogP contribution is 2.32. The van der Waals surface area contributed by atoms with Gasteiger partial charge in [-0.25, -0.2) is 9.97 Å². The number of ether oxygens (including phenoxy) is 3. The van der Waals surface area contributed by atoms with Crippen molar-refractivity contribution in [1.29, 1.82) is 0 Å². The van der Waals surface area contributed by atoms with E-state index in [0.29, 0.717) is 17.4 Å². The highest BCUT2D eigenvalue weighted by atomic mass is 16.5. The van der Waals surface area contributed by atoms with E-state index in [1.165, 1.54) is 0 Å². The van der Waals surface area contributed by atoms with Crippen molar-refractivity contribution < 1.29 is 14.2 Å². The van der Waals surface area contributed by atoms with Crippen molar-refractivity contribution in [1.82, 2.24) is 14.4 Å². The van der Waals surface area contributed by atoms with Gasteiger partial charge in [-0.1, -0.05) is 13.3 Å². The number of imidazole rings is 1. The first-order valence-corrected chi connectivity index (χ1v) is 10.3. The summed E-state index contributed by atoms with van der Waals surface area (Å²) in [5, 5.41) is 3.39. The van der Waals surface area contributed by atoms with Gasteiger partial charge >= 0.3 is 0 Å². The molecule has 2 aromatic heterocycles. The van der Waals surface area contributed by atoms with E-state index in [9.17, 15) is 0 Å². The first kappa shape index (κ1) is 20.5. The largest absolute Gasteiger partial charge is 0.494 e. The molecule has 1 N–H and O–H groups in total. The number of unbranched alkanes of at least 4 members (excludes halogenated alkanes) is 1. The monoisotopic (exact) mass is 418 g/mol. The minimum absolute atomic E-state index is 0.651. The van der Waals surface area contributed by atoms with Crippen LogP contribution in [0.1, 0.15) is 19.8 Å². The second kappa shape index (κ2) is 9.38. The lowest BCUT2D eigenvalue weighted by Crippen LogP contribution is -2.03. The standard InChI is InChI=1S/C24H26N4O3/c1-4-5-14-31-19-9-7-18(8-10-19)26-24-27-20(16-23-25-12-13-28(23)24)17-6-11-21(29-2)22(15-17)30-3/h6-13,15-16H,4-5,14H2,1-3H3,(H,26,27). The normalized spacial score (nSPS) is 10.8. The number of hydrogen-bond donors (Lipinski definition) is 1. The Bertz CT molecular complexity index is 1160. The summed E-state index contributed by atoms with van der Waals surface area (Å²) < 4.78 is 18.4. The molecule has 7 nitrogen and oxygen atoms in total. The van der Waals surface area contributed by atoms with Crippen molar-refractivity contribution >= 4 is 17.3 Å². The number of rotatable bonds is 9. The topological polar surface area (TPSA) is 69.9 Å². The van der Waals surface area contributed by atoms with Gasteiger partial charge in [0, 0.05) is 29.7 Å². The minimum Gasteiger partial charge on any atom is -0.494 e. The van der Waals surface area contributed by atoms with Crippen LogP contribution >= 0.6 is 0 Å². The number of fused-ring (bicyclic) bond motifs is 1.